The third kappa shape index (κ3) is 2.64. The summed E-state index contributed by atoms with van der Waals surface area (Å²) in [7, 11) is 0. The van der Waals surface area contributed by atoms with Crippen LogP contribution in [0.15, 0.2) is 28.7 Å². The Balaban J connectivity index is 2.04. The van der Waals surface area contributed by atoms with Crippen molar-refractivity contribution in [2.45, 2.75) is 38.8 Å². The predicted octanol–water partition coefficient (Wildman–Crippen LogP) is 2.34. The van der Waals surface area contributed by atoms with E-state index in [4.69, 9.17) is 9.52 Å². The molecular formula is C14H19NO3. The highest BCUT2D eigenvalue weighted by atomic mass is 16.4. The average molecular weight is 249 g/mol. The molecule has 18 heavy (non-hydrogen) atoms. The zero-order valence-corrected chi connectivity index (χ0v) is 10.6. The summed E-state index contributed by atoms with van der Waals surface area (Å²) in [5, 5.41) is 8.94. The van der Waals surface area contributed by atoms with E-state index >= 15 is 0 Å². The lowest BCUT2D eigenvalue weighted by molar-refractivity contribution is 0.0706. The molecule has 2 heterocycles. The van der Waals surface area contributed by atoms with Crippen LogP contribution in [0.4, 0.5) is 0 Å². The monoisotopic (exact) mass is 249 g/mol. The Morgan fingerprint density at radius 2 is 2.39 bits per heavy atom. The first-order valence-corrected chi connectivity index (χ1v) is 6.43. The molecule has 0 aromatic carbocycles. The minimum atomic E-state index is -0.176. The van der Waals surface area contributed by atoms with Crippen molar-refractivity contribution in [2.24, 2.45) is 0 Å². The topological polar surface area (TPSA) is 53.7 Å². The van der Waals surface area contributed by atoms with Crippen LogP contribution in [-0.4, -0.2) is 28.5 Å². The first-order valence-electron chi connectivity index (χ1n) is 6.43. The Kier molecular flexibility index (Phi) is 4.20. The summed E-state index contributed by atoms with van der Waals surface area (Å²) in [6, 6.07) is 3.45. The molecule has 2 rings (SSSR count). The third-order valence-electron chi connectivity index (χ3n) is 3.20. The van der Waals surface area contributed by atoms with Gasteiger partial charge in [-0.15, -0.1) is 0 Å². The normalized spacial score (nSPS) is 18.6. The summed E-state index contributed by atoms with van der Waals surface area (Å²) in [6.07, 6.45) is 7.34. The van der Waals surface area contributed by atoms with E-state index in [-0.39, 0.29) is 18.6 Å². The number of carbonyl (C=O) groups excluding carboxylic acids is 1. The molecule has 1 N–H and O–H groups in total. The van der Waals surface area contributed by atoms with Crippen LogP contribution < -0.4 is 0 Å². The van der Waals surface area contributed by atoms with E-state index in [2.05, 4.69) is 13.0 Å². The first kappa shape index (κ1) is 12.9. The van der Waals surface area contributed by atoms with E-state index in [9.17, 15) is 4.79 Å². The lowest BCUT2D eigenvalue weighted by Crippen LogP contribution is -2.35. The second kappa shape index (κ2) is 5.87. The van der Waals surface area contributed by atoms with Crippen molar-refractivity contribution in [1.82, 2.24) is 4.90 Å². The minimum absolute atomic E-state index is 0.0965. The van der Waals surface area contributed by atoms with Crippen molar-refractivity contribution in [2.75, 3.05) is 6.54 Å². The molecule has 0 unspecified atom stereocenters. The quantitative estimate of drug-likeness (QED) is 0.815. The van der Waals surface area contributed by atoms with Gasteiger partial charge in [0, 0.05) is 6.54 Å². The standard InChI is InChI=1S/C14H19NO3/c1-2-3-5-11-6-4-9-15(11)14(17)13-8-7-12(10-16)18-13/h4,6-8,11,16H,2-3,5,9-10H2,1H3/t11-/m0/s1. The average Bonchev–Trinajstić information content (AvgIpc) is 3.04. The Morgan fingerprint density at radius 1 is 1.56 bits per heavy atom. The van der Waals surface area contributed by atoms with Crippen molar-refractivity contribution in [3.63, 3.8) is 0 Å². The second-order valence-corrected chi connectivity index (χ2v) is 4.52. The van der Waals surface area contributed by atoms with E-state index in [1.54, 1.807) is 12.1 Å². The number of carbonyl (C=O) groups is 1. The maximum absolute atomic E-state index is 12.3. The van der Waals surface area contributed by atoms with Gasteiger partial charge in [-0.1, -0.05) is 31.9 Å². The second-order valence-electron chi connectivity index (χ2n) is 4.52. The summed E-state index contributed by atoms with van der Waals surface area (Å²) >= 11 is 0. The molecule has 1 aliphatic heterocycles. The number of hydrogen-bond acceptors (Lipinski definition) is 3. The molecule has 1 aliphatic rings. The van der Waals surface area contributed by atoms with Crippen LogP contribution in [0.25, 0.3) is 0 Å². The van der Waals surface area contributed by atoms with Crippen molar-refractivity contribution in [1.29, 1.82) is 0 Å². The smallest absolute Gasteiger partial charge is 0.290 e. The minimum Gasteiger partial charge on any atom is -0.453 e. The molecule has 0 spiro atoms. The summed E-state index contributed by atoms with van der Waals surface area (Å²) in [5.74, 6) is 0.640. The van der Waals surface area contributed by atoms with Crippen LogP contribution in [0.3, 0.4) is 0 Å². The molecule has 0 saturated heterocycles. The molecule has 4 heteroatoms. The number of rotatable bonds is 5. The Morgan fingerprint density at radius 3 is 3.06 bits per heavy atom. The van der Waals surface area contributed by atoms with E-state index in [0.717, 1.165) is 19.3 Å². The van der Waals surface area contributed by atoms with Crippen molar-refractivity contribution in [3.8, 4) is 0 Å². The van der Waals surface area contributed by atoms with Crippen molar-refractivity contribution in [3.05, 3.63) is 35.8 Å². The lowest BCUT2D eigenvalue weighted by atomic mass is 10.1. The highest BCUT2D eigenvalue weighted by molar-refractivity contribution is 5.92. The number of unbranched alkanes of at least 4 members (excludes halogenated alkanes) is 1. The number of aliphatic hydroxyl groups is 1. The molecule has 0 radical (unpaired) electrons. The van der Waals surface area contributed by atoms with Gasteiger partial charge < -0.3 is 14.4 Å². The zero-order valence-electron chi connectivity index (χ0n) is 10.6. The van der Waals surface area contributed by atoms with Gasteiger partial charge in [-0.05, 0) is 18.6 Å². The van der Waals surface area contributed by atoms with Crippen LogP contribution >= 0.6 is 0 Å². The summed E-state index contributed by atoms with van der Waals surface area (Å²) in [5.41, 5.74) is 0. The highest BCUT2D eigenvalue weighted by Gasteiger charge is 2.27. The van der Waals surface area contributed by atoms with E-state index in [1.807, 2.05) is 11.0 Å². The number of furan rings is 1. The van der Waals surface area contributed by atoms with Gasteiger partial charge in [0.15, 0.2) is 5.76 Å². The zero-order chi connectivity index (χ0) is 13.0. The molecule has 0 bridgehead atoms. The molecule has 1 aromatic heterocycles. The van der Waals surface area contributed by atoms with Gasteiger partial charge in [0.25, 0.3) is 5.91 Å². The number of hydrogen-bond donors (Lipinski definition) is 1. The Labute approximate surface area is 107 Å². The van der Waals surface area contributed by atoms with E-state index in [0.29, 0.717) is 18.1 Å². The van der Waals surface area contributed by atoms with Crippen molar-refractivity contribution >= 4 is 5.91 Å². The molecular weight excluding hydrogens is 230 g/mol. The van der Waals surface area contributed by atoms with Gasteiger partial charge in [-0.25, -0.2) is 0 Å². The summed E-state index contributed by atoms with van der Waals surface area (Å²) < 4.78 is 5.29. The molecule has 98 valence electrons. The van der Waals surface area contributed by atoms with Crippen LogP contribution in [0.2, 0.25) is 0 Å². The van der Waals surface area contributed by atoms with Gasteiger partial charge in [0.1, 0.15) is 12.4 Å². The van der Waals surface area contributed by atoms with Crippen molar-refractivity contribution < 1.29 is 14.3 Å². The molecule has 1 atom stereocenters. The van der Waals surface area contributed by atoms with Gasteiger partial charge in [0.05, 0.1) is 6.04 Å². The Bertz CT molecular complexity index is 436. The number of amides is 1. The van der Waals surface area contributed by atoms with Gasteiger partial charge in [-0.2, -0.15) is 0 Å². The fourth-order valence-corrected chi connectivity index (χ4v) is 2.19. The fourth-order valence-electron chi connectivity index (χ4n) is 2.19. The summed E-state index contributed by atoms with van der Waals surface area (Å²) in [4.78, 5) is 14.1. The van der Waals surface area contributed by atoms with Crippen LogP contribution in [0, 0.1) is 0 Å². The predicted molar refractivity (Wildman–Crippen MR) is 68.1 cm³/mol. The SMILES string of the molecule is CCCC[C@H]1C=CCN1C(=O)c1ccc(CO)o1. The largest absolute Gasteiger partial charge is 0.453 e. The fraction of sp³-hybridized carbons (Fsp3) is 0.500. The first-order chi connectivity index (χ1) is 8.76. The maximum Gasteiger partial charge on any atom is 0.290 e. The lowest BCUT2D eigenvalue weighted by Gasteiger charge is -2.23. The molecule has 1 amide bonds. The van der Waals surface area contributed by atoms with Gasteiger partial charge in [-0.3, -0.25) is 4.79 Å². The third-order valence-corrected chi connectivity index (χ3v) is 3.20. The summed E-state index contributed by atoms with van der Waals surface area (Å²) in [6.45, 7) is 2.61. The van der Waals surface area contributed by atoms with Crippen LogP contribution in [0.1, 0.15) is 42.5 Å². The maximum atomic E-state index is 12.3. The van der Waals surface area contributed by atoms with Gasteiger partial charge >= 0.3 is 0 Å². The van der Waals surface area contributed by atoms with Crippen LogP contribution in [-0.2, 0) is 6.61 Å². The highest BCUT2D eigenvalue weighted by Crippen LogP contribution is 2.20. The van der Waals surface area contributed by atoms with Crippen LogP contribution in [0.5, 0.6) is 0 Å². The molecule has 4 nitrogen and oxygen atoms in total. The molecule has 0 saturated carbocycles. The molecule has 1 aromatic rings. The van der Waals surface area contributed by atoms with E-state index in [1.165, 1.54) is 0 Å². The van der Waals surface area contributed by atoms with Gasteiger partial charge in [0.2, 0.25) is 0 Å². The van der Waals surface area contributed by atoms with E-state index < -0.39 is 0 Å². The molecule has 0 aliphatic carbocycles. The Hall–Kier alpha value is -1.55. The number of nitrogens with zero attached hydrogens (tertiary/aromatic N) is 1. The molecule has 0 fully saturated rings. The number of aliphatic hydroxyl groups excluding tert-OH is 1.